The van der Waals surface area contributed by atoms with Crippen LogP contribution in [-0.4, -0.2) is 37.2 Å². The summed E-state index contributed by atoms with van der Waals surface area (Å²) in [6.45, 7) is 6.64. The molecule has 0 spiro atoms. The third-order valence-corrected chi connectivity index (χ3v) is 15.4. The minimum absolute atomic E-state index is 0.0728. The van der Waals surface area contributed by atoms with Gasteiger partial charge in [-0.15, -0.1) is 0 Å². The molecule has 0 saturated carbocycles. The first-order chi connectivity index (χ1) is 37.5. The van der Waals surface area contributed by atoms with Crippen LogP contribution in [0.25, 0.3) is 0 Å². The van der Waals surface area contributed by atoms with E-state index in [0.29, 0.717) is 19.3 Å². The zero-order valence-electron chi connectivity index (χ0n) is 51.3. The van der Waals surface area contributed by atoms with Crippen molar-refractivity contribution < 1.29 is 28.6 Å². The molecule has 0 fully saturated rings. The number of hydrogen-bond donors (Lipinski definition) is 0. The van der Waals surface area contributed by atoms with Gasteiger partial charge in [-0.2, -0.15) is 0 Å². The number of ether oxygens (including phenoxy) is 3. The van der Waals surface area contributed by atoms with Crippen LogP contribution in [0.15, 0.2) is 36.5 Å². The molecular formula is C70H130O6. The first-order valence-electron chi connectivity index (χ1n) is 34.0. The van der Waals surface area contributed by atoms with Crippen LogP contribution in [0, 0.1) is 0 Å². The van der Waals surface area contributed by atoms with Gasteiger partial charge in [-0.25, -0.2) is 0 Å². The minimum atomic E-state index is -0.775. The summed E-state index contributed by atoms with van der Waals surface area (Å²) in [5.41, 5.74) is 0. The minimum Gasteiger partial charge on any atom is -0.462 e. The Labute approximate surface area is 474 Å². The second-order valence-electron chi connectivity index (χ2n) is 23.1. The van der Waals surface area contributed by atoms with E-state index >= 15 is 0 Å². The predicted molar refractivity (Wildman–Crippen MR) is 330 cm³/mol. The van der Waals surface area contributed by atoms with Crippen molar-refractivity contribution in [3.05, 3.63) is 36.5 Å². The van der Waals surface area contributed by atoms with Gasteiger partial charge < -0.3 is 14.2 Å². The highest BCUT2D eigenvalue weighted by Crippen LogP contribution is 2.18. The smallest absolute Gasteiger partial charge is 0.306 e. The number of rotatable bonds is 63. The third kappa shape index (κ3) is 62.5. The van der Waals surface area contributed by atoms with Gasteiger partial charge in [0.25, 0.3) is 0 Å². The predicted octanol–water partition coefficient (Wildman–Crippen LogP) is 23.2. The Morgan fingerprint density at radius 2 is 0.474 bits per heavy atom. The zero-order chi connectivity index (χ0) is 55.0. The van der Waals surface area contributed by atoms with Crippen LogP contribution < -0.4 is 0 Å². The first-order valence-corrected chi connectivity index (χ1v) is 34.0. The molecule has 0 N–H and O–H groups in total. The van der Waals surface area contributed by atoms with Gasteiger partial charge in [0, 0.05) is 19.3 Å². The molecule has 0 aromatic carbocycles. The molecule has 6 nitrogen and oxygen atoms in total. The molecule has 1 atom stereocenters. The summed E-state index contributed by atoms with van der Waals surface area (Å²) in [6, 6.07) is 0. The molecule has 0 bridgehead atoms. The standard InChI is InChI=1S/C70H130O6/c1-4-7-10-13-16-19-22-24-26-27-28-29-30-31-32-33-34-35-36-37-38-39-40-41-42-43-45-46-48-51-54-57-60-63-69(72)75-66-67(65-74-68(71)62-59-56-53-50-21-18-15-12-9-6-3)76-70(73)64-61-58-55-52-49-47-44-25-23-20-17-14-11-8-5-2/h17,20,25,27-28,44,67H,4-16,18-19,21-24,26,29-43,45-66H2,1-3H3/b20-17-,28-27-,44-25-. The maximum Gasteiger partial charge on any atom is 0.306 e. The lowest BCUT2D eigenvalue weighted by Gasteiger charge is -2.18. The van der Waals surface area contributed by atoms with Gasteiger partial charge in [-0.05, 0) is 77.0 Å². The van der Waals surface area contributed by atoms with E-state index in [9.17, 15) is 14.4 Å². The number of hydrogen-bond acceptors (Lipinski definition) is 6. The van der Waals surface area contributed by atoms with E-state index in [1.165, 1.54) is 250 Å². The van der Waals surface area contributed by atoms with Crippen LogP contribution in [0.2, 0.25) is 0 Å². The number of carbonyl (C=O) groups is 3. The molecular weight excluding hydrogens is 937 g/mol. The second-order valence-corrected chi connectivity index (χ2v) is 23.1. The highest BCUT2D eigenvalue weighted by atomic mass is 16.6. The van der Waals surface area contributed by atoms with Crippen molar-refractivity contribution in [2.45, 2.75) is 380 Å². The van der Waals surface area contributed by atoms with E-state index in [4.69, 9.17) is 14.2 Å². The van der Waals surface area contributed by atoms with Gasteiger partial charge in [-0.3, -0.25) is 14.4 Å². The van der Waals surface area contributed by atoms with Crippen molar-refractivity contribution in [1.29, 1.82) is 0 Å². The lowest BCUT2D eigenvalue weighted by Crippen LogP contribution is -2.30. The molecule has 0 saturated heterocycles. The Hall–Kier alpha value is -2.37. The second kappa shape index (κ2) is 65.2. The number of carbonyl (C=O) groups excluding carboxylic acids is 3. The van der Waals surface area contributed by atoms with E-state index in [0.717, 1.165) is 83.5 Å². The van der Waals surface area contributed by atoms with Crippen LogP contribution in [0.3, 0.4) is 0 Å². The third-order valence-electron chi connectivity index (χ3n) is 15.4. The molecule has 0 aromatic rings. The van der Waals surface area contributed by atoms with Crippen LogP contribution >= 0.6 is 0 Å². The average Bonchev–Trinajstić information content (AvgIpc) is 3.42. The molecule has 1 unspecified atom stereocenters. The molecule has 0 aliphatic heterocycles. The monoisotopic (exact) mass is 1070 g/mol. The molecule has 76 heavy (non-hydrogen) atoms. The average molecular weight is 1070 g/mol. The Kier molecular flexibility index (Phi) is 63.1. The number of esters is 3. The molecule has 0 heterocycles. The number of allylic oxidation sites excluding steroid dienone is 6. The van der Waals surface area contributed by atoms with Crippen molar-refractivity contribution in [2.75, 3.05) is 13.2 Å². The highest BCUT2D eigenvalue weighted by Gasteiger charge is 2.19. The van der Waals surface area contributed by atoms with E-state index in [1.807, 2.05) is 0 Å². The van der Waals surface area contributed by atoms with E-state index in [-0.39, 0.29) is 31.1 Å². The fraction of sp³-hybridized carbons (Fsp3) is 0.871. The van der Waals surface area contributed by atoms with Crippen LogP contribution in [0.4, 0.5) is 0 Å². The maximum absolute atomic E-state index is 12.9. The summed E-state index contributed by atoms with van der Waals surface area (Å²) in [5.74, 6) is -0.866. The normalized spacial score (nSPS) is 12.2. The Bertz CT molecular complexity index is 1270. The zero-order valence-corrected chi connectivity index (χ0v) is 51.3. The van der Waals surface area contributed by atoms with Gasteiger partial charge >= 0.3 is 17.9 Å². The van der Waals surface area contributed by atoms with Crippen LogP contribution in [0.1, 0.15) is 374 Å². The molecule has 0 aliphatic rings. The SMILES string of the molecule is CCCCC/C=C\C/C=C\CCCCCCCC(=O)OC(COC(=O)CCCCCCCCCCCC)COC(=O)CCCCCCCCCCCCCCCCCCCCCCC/C=C\CCCCCCCCCC. The quantitative estimate of drug-likeness (QED) is 0.0261. The van der Waals surface area contributed by atoms with Gasteiger partial charge in [-0.1, -0.05) is 314 Å². The van der Waals surface area contributed by atoms with Crippen molar-refractivity contribution in [2.24, 2.45) is 0 Å². The van der Waals surface area contributed by atoms with Crippen LogP contribution in [0.5, 0.6) is 0 Å². The first kappa shape index (κ1) is 73.6. The highest BCUT2D eigenvalue weighted by molar-refractivity contribution is 5.71. The van der Waals surface area contributed by atoms with E-state index in [1.54, 1.807) is 0 Å². The van der Waals surface area contributed by atoms with E-state index < -0.39 is 6.10 Å². The Balaban J connectivity index is 4.03. The van der Waals surface area contributed by atoms with E-state index in [2.05, 4.69) is 57.2 Å². The molecule has 0 aromatic heterocycles. The summed E-state index contributed by atoms with van der Waals surface area (Å²) < 4.78 is 16.9. The van der Waals surface area contributed by atoms with Crippen LogP contribution in [-0.2, 0) is 28.6 Å². The maximum atomic E-state index is 12.9. The Morgan fingerprint density at radius 3 is 0.763 bits per heavy atom. The summed E-state index contributed by atoms with van der Waals surface area (Å²) in [7, 11) is 0. The lowest BCUT2D eigenvalue weighted by atomic mass is 10.0. The molecule has 446 valence electrons. The lowest BCUT2D eigenvalue weighted by molar-refractivity contribution is -0.167. The molecule has 0 radical (unpaired) electrons. The topological polar surface area (TPSA) is 78.9 Å². The van der Waals surface area contributed by atoms with Crippen molar-refractivity contribution >= 4 is 17.9 Å². The largest absolute Gasteiger partial charge is 0.462 e. The van der Waals surface area contributed by atoms with Crippen molar-refractivity contribution in [3.8, 4) is 0 Å². The summed E-state index contributed by atoms with van der Waals surface area (Å²) in [5, 5.41) is 0. The van der Waals surface area contributed by atoms with Gasteiger partial charge in [0.2, 0.25) is 0 Å². The van der Waals surface area contributed by atoms with Gasteiger partial charge in [0.1, 0.15) is 13.2 Å². The summed E-state index contributed by atoms with van der Waals surface area (Å²) in [6.07, 6.45) is 80.5. The van der Waals surface area contributed by atoms with Gasteiger partial charge in [0.15, 0.2) is 6.10 Å². The van der Waals surface area contributed by atoms with Crippen molar-refractivity contribution in [1.82, 2.24) is 0 Å². The molecule has 0 aliphatic carbocycles. The van der Waals surface area contributed by atoms with Gasteiger partial charge in [0.05, 0.1) is 0 Å². The Morgan fingerprint density at radius 1 is 0.263 bits per heavy atom. The van der Waals surface area contributed by atoms with Crippen molar-refractivity contribution in [3.63, 3.8) is 0 Å². The fourth-order valence-corrected chi connectivity index (χ4v) is 10.2. The molecule has 6 heteroatoms. The molecule has 0 rings (SSSR count). The summed E-state index contributed by atoms with van der Waals surface area (Å²) >= 11 is 0. The summed E-state index contributed by atoms with van der Waals surface area (Å²) in [4.78, 5) is 38.2. The fourth-order valence-electron chi connectivity index (χ4n) is 10.2. The number of unbranched alkanes of at least 4 members (excludes halogenated alkanes) is 46. The molecule has 0 amide bonds.